The number of rotatable bonds is 5. The van der Waals surface area contributed by atoms with Crippen molar-refractivity contribution in [3.8, 4) is 0 Å². The van der Waals surface area contributed by atoms with Crippen molar-refractivity contribution in [3.05, 3.63) is 39.7 Å². The van der Waals surface area contributed by atoms with E-state index in [0.717, 1.165) is 32.2 Å². The fourth-order valence-electron chi connectivity index (χ4n) is 2.61. The van der Waals surface area contributed by atoms with Crippen molar-refractivity contribution in [1.29, 1.82) is 0 Å². The van der Waals surface area contributed by atoms with Crippen LogP contribution in [0, 0.1) is 15.9 Å². The van der Waals surface area contributed by atoms with E-state index in [1.165, 1.54) is 12.1 Å². The van der Waals surface area contributed by atoms with E-state index in [1.807, 2.05) is 0 Å². The van der Waals surface area contributed by atoms with E-state index in [4.69, 9.17) is 0 Å². The first kappa shape index (κ1) is 17.8. The molecule has 1 atom stereocenters. The minimum atomic E-state index is -0.499. The number of hydrogen-bond donors (Lipinski definition) is 2. The second-order valence-corrected chi connectivity index (χ2v) is 4.77. The zero-order valence-electron chi connectivity index (χ0n) is 11.5. The molecule has 1 heterocycles. The van der Waals surface area contributed by atoms with Crippen molar-refractivity contribution in [2.45, 2.75) is 12.5 Å². The third kappa shape index (κ3) is 4.34. The number of nitrogens with zero attached hydrogens (tertiary/aromatic N) is 2. The number of aliphatic hydroxyl groups excluding tert-OH is 1. The summed E-state index contributed by atoms with van der Waals surface area (Å²) in [6.45, 7) is 2.91. The Morgan fingerprint density at radius 2 is 2.10 bits per heavy atom. The third-order valence-electron chi connectivity index (χ3n) is 3.54. The molecule has 6 nitrogen and oxygen atoms in total. The second kappa shape index (κ2) is 8.23. The molecule has 8 heteroatoms. The van der Waals surface area contributed by atoms with Crippen LogP contribution in [0.2, 0.25) is 0 Å². The summed E-state index contributed by atoms with van der Waals surface area (Å²) in [6, 6.07) is 3.16. The minimum absolute atomic E-state index is 0. The van der Waals surface area contributed by atoms with Gasteiger partial charge >= 0.3 is 0 Å². The first-order valence-corrected chi connectivity index (χ1v) is 6.63. The Hall–Kier alpha value is -1.28. The lowest BCUT2D eigenvalue weighted by Crippen LogP contribution is -2.45. The Balaban J connectivity index is 0.00000220. The van der Waals surface area contributed by atoms with Crippen molar-refractivity contribution < 1.29 is 14.4 Å². The maximum Gasteiger partial charge on any atom is 0.274 e. The van der Waals surface area contributed by atoms with Crippen LogP contribution in [0.25, 0.3) is 0 Å². The summed E-state index contributed by atoms with van der Waals surface area (Å²) >= 11 is 0. The summed E-state index contributed by atoms with van der Waals surface area (Å²) in [4.78, 5) is 12.7. The average Bonchev–Trinajstić information content (AvgIpc) is 2.45. The number of piperazine rings is 1. The minimum Gasteiger partial charge on any atom is -0.396 e. The Kier molecular flexibility index (Phi) is 6.97. The van der Waals surface area contributed by atoms with Crippen molar-refractivity contribution in [2.24, 2.45) is 0 Å². The molecule has 0 bridgehead atoms. The van der Waals surface area contributed by atoms with E-state index in [1.54, 1.807) is 0 Å². The van der Waals surface area contributed by atoms with Crippen LogP contribution >= 0.6 is 12.4 Å². The largest absolute Gasteiger partial charge is 0.396 e. The van der Waals surface area contributed by atoms with E-state index < -0.39 is 10.7 Å². The highest BCUT2D eigenvalue weighted by Gasteiger charge is 2.28. The van der Waals surface area contributed by atoms with E-state index in [9.17, 15) is 19.6 Å². The van der Waals surface area contributed by atoms with Gasteiger partial charge in [0.25, 0.3) is 5.69 Å². The molecule has 0 aromatic heterocycles. The number of aliphatic hydroxyl groups is 1. The Labute approximate surface area is 128 Å². The molecule has 0 aliphatic carbocycles. The van der Waals surface area contributed by atoms with Gasteiger partial charge in [0, 0.05) is 50.5 Å². The van der Waals surface area contributed by atoms with Crippen LogP contribution in [0.15, 0.2) is 18.2 Å². The quantitative estimate of drug-likeness (QED) is 0.635. The van der Waals surface area contributed by atoms with Gasteiger partial charge in [-0.05, 0) is 18.6 Å². The Morgan fingerprint density at radius 3 is 2.67 bits per heavy atom. The van der Waals surface area contributed by atoms with Crippen molar-refractivity contribution in [1.82, 2.24) is 10.2 Å². The van der Waals surface area contributed by atoms with Crippen LogP contribution in [-0.2, 0) is 0 Å². The van der Waals surface area contributed by atoms with Gasteiger partial charge in [0.2, 0.25) is 0 Å². The summed E-state index contributed by atoms with van der Waals surface area (Å²) in [5.74, 6) is -0.497. The predicted molar refractivity (Wildman–Crippen MR) is 79.2 cm³/mol. The predicted octanol–water partition coefficient (Wildman–Crippen LogP) is 1.48. The molecule has 1 aliphatic rings. The molecule has 118 valence electrons. The zero-order valence-corrected chi connectivity index (χ0v) is 12.3. The van der Waals surface area contributed by atoms with Crippen molar-refractivity contribution in [2.75, 3.05) is 32.8 Å². The third-order valence-corrected chi connectivity index (χ3v) is 3.54. The van der Waals surface area contributed by atoms with E-state index >= 15 is 0 Å². The molecule has 1 aliphatic heterocycles. The number of nitrogens with one attached hydrogen (secondary N) is 1. The lowest BCUT2D eigenvalue weighted by Gasteiger charge is -2.34. The summed E-state index contributed by atoms with van der Waals surface area (Å²) in [5, 5.41) is 23.5. The van der Waals surface area contributed by atoms with Crippen molar-refractivity contribution >= 4 is 18.1 Å². The molecule has 2 rings (SSSR count). The summed E-state index contributed by atoms with van der Waals surface area (Å²) < 4.78 is 13.5. The zero-order chi connectivity index (χ0) is 14.5. The van der Waals surface area contributed by atoms with Gasteiger partial charge in [-0.2, -0.15) is 0 Å². The Bertz CT molecular complexity index is 484. The maximum atomic E-state index is 13.5. The molecule has 1 saturated heterocycles. The fourth-order valence-corrected chi connectivity index (χ4v) is 2.61. The monoisotopic (exact) mass is 319 g/mol. The van der Waals surface area contributed by atoms with Crippen LogP contribution < -0.4 is 5.32 Å². The average molecular weight is 320 g/mol. The van der Waals surface area contributed by atoms with Crippen LogP contribution in [0.4, 0.5) is 10.1 Å². The fraction of sp³-hybridized carbons (Fsp3) is 0.538. The summed E-state index contributed by atoms with van der Waals surface area (Å²) in [5.41, 5.74) is 0.245. The topological polar surface area (TPSA) is 78.6 Å². The summed E-state index contributed by atoms with van der Waals surface area (Å²) in [7, 11) is 0. The molecule has 0 spiro atoms. The maximum absolute atomic E-state index is 13.5. The lowest BCUT2D eigenvalue weighted by atomic mass is 9.99. The number of benzene rings is 1. The number of halogens is 2. The molecule has 0 unspecified atom stereocenters. The van der Waals surface area contributed by atoms with Crippen LogP contribution in [0.5, 0.6) is 0 Å². The van der Waals surface area contributed by atoms with Crippen LogP contribution in [-0.4, -0.2) is 47.7 Å². The highest BCUT2D eigenvalue weighted by Crippen LogP contribution is 2.32. The van der Waals surface area contributed by atoms with Crippen molar-refractivity contribution in [3.63, 3.8) is 0 Å². The van der Waals surface area contributed by atoms with Gasteiger partial charge in [-0.25, -0.2) is 4.39 Å². The molecule has 1 fully saturated rings. The van der Waals surface area contributed by atoms with E-state index in [2.05, 4.69) is 10.2 Å². The second-order valence-electron chi connectivity index (χ2n) is 4.77. The standard InChI is InChI=1S/C13H18FN3O3.ClH/c14-10-1-2-13(17(19)20)11(9-10)12(3-8-18)16-6-4-15-5-7-16;/h1-2,9,12,15,18H,3-8H2;1H/t12-;/m1./s1. The SMILES string of the molecule is Cl.O=[N+]([O-])c1ccc(F)cc1[C@@H](CCO)N1CCNCC1. The van der Waals surface area contributed by atoms with Gasteiger partial charge in [-0.15, -0.1) is 12.4 Å². The molecule has 0 radical (unpaired) electrons. The summed E-state index contributed by atoms with van der Waals surface area (Å²) in [6.07, 6.45) is 0.351. The first-order chi connectivity index (χ1) is 9.63. The molecule has 1 aromatic rings. The van der Waals surface area contributed by atoms with Gasteiger partial charge < -0.3 is 10.4 Å². The molecule has 0 saturated carbocycles. The highest BCUT2D eigenvalue weighted by atomic mass is 35.5. The van der Waals surface area contributed by atoms with Gasteiger partial charge in [-0.1, -0.05) is 0 Å². The number of hydrogen-bond acceptors (Lipinski definition) is 5. The molecule has 21 heavy (non-hydrogen) atoms. The van der Waals surface area contributed by atoms with Gasteiger partial charge in [0.05, 0.1) is 4.92 Å². The van der Waals surface area contributed by atoms with E-state index in [-0.39, 0.29) is 30.7 Å². The first-order valence-electron chi connectivity index (χ1n) is 6.63. The number of nitro benzene ring substituents is 1. The van der Waals surface area contributed by atoms with Gasteiger partial charge in [-0.3, -0.25) is 15.0 Å². The molecule has 0 amide bonds. The molecular weight excluding hydrogens is 301 g/mol. The molecule has 1 aromatic carbocycles. The van der Waals surface area contributed by atoms with Gasteiger partial charge in [0.15, 0.2) is 0 Å². The number of nitro groups is 1. The highest BCUT2D eigenvalue weighted by molar-refractivity contribution is 5.85. The van der Waals surface area contributed by atoms with Crippen LogP contribution in [0.3, 0.4) is 0 Å². The smallest absolute Gasteiger partial charge is 0.274 e. The van der Waals surface area contributed by atoms with Crippen LogP contribution in [0.1, 0.15) is 18.0 Å². The molecule has 2 N–H and O–H groups in total. The van der Waals surface area contributed by atoms with Gasteiger partial charge in [0.1, 0.15) is 5.82 Å². The normalized spacial score (nSPS) is 17.0. The Morgan fingerprint density at radius 1 is 1.43 bits per heavy atom. The molecular formula is C13H19ClFN3O3. The van der Waals surface area contributed by atoms with E-state index in [0.29, 0.717) is 12.0 Å². The lowest BCUT2D eigenvalue weighted by molar-refractivity contribution is -0.386.